The molecule has 2 N–H and O–H groups in total. The summed E-state index contributed by atoms with van der Waals surface area (Å²) in [7, 11) is 0. The predicted molar refractivity (Wildman–Crippen MR) is 128 cm³/mol. The average molecular weight is 469 g/mol. The number of benzene rings is 1. The molecule has 9 heteroatoms. The molecule has 0 aliphatic carbocycles. The molecular formula is C23H24N4O3S2. The second-order valence-corrected chi connectivity index (χ2v) is 9.39. The summed E-state index contributed by atoms with van der Waals surface area (Å²) in [5.41, 5.74) is 1.85. The van der Waals surface area contributed by atoms with E-state index in [2.05, 4.69) is 15.6 Å². The second-order valence-electron chi connectivity index (χ2n) is 7.58. The molecule has 32 heavy (non-hydrogen) atoms. The number of aromatic nitrogens is 1. The molecule has 0 saturated carbocycles. The first-order chi connectivity index (χ1) is 15.6. The zero-order chi connectivity index (χ0) is 22.3. The number of hydrogen-bond acceptors (Lipinski definition) is 6. The topological polar surface area (TPSA) is 91.4 Å². The van der Waals surface area contributed by atoms with Crippen molar-refractivity contribution < 1.29 is 14.4 Å². The number of amides is 3. The third-order valence-corrected chi connectivity index (χ3v) is 6.84. The van der Waals surface area contributed by atoms with Gasteiger partial charge in [-0.2, -0.15) is 0 Å². The van der Waals surface area contributed by atoms with Crippen LogP contribution in [0, 0.1) is 0 Å². The van der Waals surface area contributed by atoms with Crippen molar-refractivity contribution in [2.45, 2.75) is 32.1 Å². The number of nitrogens with zero attached hydrogens (tertiary/aromatic N) is 2. The minimum atomic E-state index is -0.210. The highest BCUT2D eigenvalue weighted by molar-refractivity contribution is 7.14. The summed E-state index contributed by atoms with van der Waals surface area (Å²) in [6.45, 7) is 1.61. The molecule has 1 aliphatic heterocycles. The molecule has 7 nitrogen and oxygen atoms in total. The van der Waals surface area contributed by atoms with Crippen molar-refractivity contribution in [1.82, 2.24) is 9.88 Å². The van der Waals surface area contributed by atoms with E-state index < -0.39 is 0 Å². The standard InChI is InChI=1S/C23H24N4O3S2/c28-20(14-18-15-32-23(25-18)26-21(29)19-6-5-13-31-19)24-17-9-7-16(8-10-17)22(30)27-11-3-1-2-4-12-27/h5-10,13,15H,1-4,11-12,14H2,(H,24,28)(H,25,26,29). The Morgan fingerprint density at radius 3 is 2.38 bits per heavy atom. The van der Waals surface area contributed by atoms with E-state index in [1.165, 1.54) is 35.5 Å². The van der Waals surface area contributed by atoms with Gasteiger partial charge in [-0.05, 0) is 48.6 Å². The van der Waals surface area contributed by atoms with E-state index in [9.17, 15) is 14.4 Å². The summed E-state index contributed by atoms with van der Waals surface area (Å²) < 4.78 is 0. The predicted octanol–water partition coefficient (Wildman–Crippen LogP) is 4.65. The molecular weight excluding hydrogens is 444 g/mol. The van der Waals surface area contributed by atoms with E-state index in [4.69, 9.17) is 0 Å². The molecule has 1 saturated heterocycles. The molecule has 3 heterocycles. The molecule has 0 unspecified atom stereocenters. The van der Waals surface area contributed by atoms with Crippen LogP contribution >= 0.6 is 22.7 Å². The van der Waals surface area contributed by atoms with Gasteiger partial charge in [-0.3, -0.25) is 19.7 Å². The van der Waals surface area contributed by atoms with Gasteiger partial charge in [0.05, 0.1) is 17.0 Å². The monoisotopic (exact) mass is 468 g/mol. The summed E-state index contributed by atoms with van der Waals surface area (Å²) in [4.78, 5) is 44.0. The van der Waals surface area contributed by atoms with E-state index >= 15 is 0 Å². The lowest BCUT2D eigenvalue weighted by Crippen LogP contribution is -2.31. The zero-order valence-electron chi connectivity index (χ0n) is 17.5. The lowest BCUT2D eigenvalue weighted by molar-refractivity contribution is -0.115. The first kappa shape index (κ1) is 22.2. The molecule has 0 radical (unpaired) electrons. The molecule has 3 amide bonds. The van der Waals surface area contributed by atoms with Crippen molar-refractivity contribution in [2.24, 2.45) is 0 Å². The largest absolute Gasteiger partial charge is 0.339 e. The van der Waals surface area contributed by atoms with Crippen LogP contribution in [0.25, 0.3) is 0 Å². The minimum absolute atomic E-state index is 0.0457. The molecule has 1 fully saturated rings. The number of rotatable bonds is 6. The second kappa shape index (κ2) is 10.5. The molecule has 0 atom stereocenters. The Hall–Kier alpha value is -3.04. The molecule has 1 aliphatic rings. The normalized spacial score (nSPS) is 13.9. The number of nitrogens with one attached hydrogen (secondary N) is 2. The van der Waals surface area contributed by atoms with E-state index in [1.54, 1.807) is 35.7 Å². The molecule has 4 rings (SSSR count). The highest BCUT2D eigenvalue weighted by atomic mass is 32.1. The maximum Gasteiger partial charge on any atom is 0.267 e. The molecule has 2 aromatic heterocycles. The van der Waals surface area contributed by atoms with Crippen LogP contribution in [0.3, 0.4) is 0 Å². The fourth-order valence-electron chi connectivity index (χ4n) is 3.53. The summed E-state index contributed by atoms with van der Waals surface area (Å²) in [5.74, 6) is -0.373. The zero-order valence-corrected chi connectivity index (χ0v) is 19.1. The van der Waals surface area contributed by atoms with Crippen LogP contribution in [0.2, 0.25) is 0 Å². The van der Waals surface area contributed by atoms with Gasteiger partial charge in [-0.15, -0.1) is 22.7 Å². The van der Waals surface area contributed by atoms with Gasteiger partial charge >= 0.3 is 0 Å². The Morgan fingerprint density at radius 1 is 0.938 bits per heavy atom. The Kier molecular flexibility index (Phi) is 7.28. The first-order valence-electron chi connectivity index (χ1n) is 10.6. The van der Waals surface area contributed by atoms with Crippen molar-refractivity contribution in [2.75, 3.05) is 23.7 Å². The van der Waals surface area contributed by atoms with Crippen LogP contribution in [-0.2, 0) is 11.2 Å². The van der Waals surface area contributed by atoms with Gasteiger partial charge in [0.2, 0.25) is 5.91 Å². The molecule has 1 aromatic carbocycles. The highest BCUT2D eigenvalue weighted by Crippen LogP contribution is 2.19. The van der Waals surface area contributed by atoms with Crippen LogP contribution in [-0.4, -0.2) is 40.7 Å². The summed E-state index contributed by atoms with van der Waals surface area (Å²) >= 11 is 2.64. The number of carbonyl (C=O) groups is 3. The van der Waals surface area contributed by atoms with Crippen LogP contribution in [0.4, 0.5) is 10.8 Å². The maximum atomic E-state index is 12.7. The van der Waals surface area contributed by atoms with Gasteiger partial charge in [0, 0.05) is 29.7 Å². The van der Waals surface area contributed by atoms with Crippen LogP contribution in [0.1, 0.15) is 51.4 Å². The van der Waals surface area contributed by atoms with E-state index in [-0.39, 0.29) is 24.1 Å². The SMILES string of the molecule is O=C(Cc1csc(NC(=O)c2cccs2)n1)Nc1ccc(C(=O)N2CCCCCC2)cc1. The number of hydrogen-bond donors (Lipinski definition) is 2. The summed E-state index contributed by atoms with van der Waals surface area (Å²) in [5, 5.41) is 9.63. The first-order valence-corrected chi connectivity index (χ1v) is 12.3. The van der Waals surface area contributed by atoms with Crippen LogP contribution < -0.4 is 10.6 Å². The maximum absolute atomic E-state index is 12.7. The van der Waals surface area contributed by atoms with Crippen molar-refractivity contribution in [3.8, 4) is 0 Å². The smallest absolute Gasteiger partial charge is 0.267 e. The van der Waals surface area contributed by atoms with E-state index in [0.717, 1.165) is 25.9 Å². The Labute approximate surface area is 194 Å². The lowest BCUT2D eigenvalue weighted by Gasteiger charge is -2.20. The lowest BCUT2D eigenvalue weighted by atomic mass is 10.1. The van der Waals surface area contributed by atoms with Crippen molar-refractivity contribution in [1.29, 1.82) is 0 Å². The van der Waals surface area contributed by atoms with Gasteiger partial charge in [0.25, 0.3) is 11.8 Å². The van der Waals surface area contributed by atoms with Crippen molar-refractivity contribution in [3.63, 3.8) is 0 Å². The van der Waals surface area contributed by atoms with E-state index in [1.807, 2.05) is 16.3 Å². The minimum Gasteiger partial charge on any atom is -0.339 e. The molecule has 0 bridgehead atoms. The van der Waals surface area contributed by atoms with Gasteiger partial charge in [-0.1, -0.05) is 18.9 Å². The summed E-state index contributed by atoms with van der Waals surface area (Å²) in [6.07, 6.45) is 4.55. The average Bonchev–Trinajstić information content (AvgIpc) is 3.40. The molecule has 3 aromatic rings. The Balaban J connectivity index is 1.29. The van der Waals surface area contributed by atoms with Crippen LogP contribution in [0.5, 0.6) is 0 Å². The third-order valence-electron chi connectivity index (χ3n) is 5.17. The van der Waals surface area contributed by atoms with Crippen molar-refractivity contribution in [3.05, 3.63) is 63.3 Å². The van der Waals surface area contributed by atoms with Gasteiger partial charge in [0.15, 0.2) is 5.13 Å². The molecule has 0 spiro atoms. The molecule has 166 valence electrons. The van der Waals surface area contributed by atoms with Crippen LogP contribution in [0.15, 0.2) is 47.2 Å². The van der Waals surface area contributed by atoms with Gasteiger partial charge < -0.3 is 10.2 Å². The third kappa shape index (κ3) is 5.80. The highest BCUT2D eigenvalue weighted by Gasteiger charge is 2.17. The Morgan fingerprint density at radius 2 is 1.69 bits per heavy atom. The number of likely N-dealkylation sites (tertiary alicyclic amines) is 1. The Bertz CT molecular complexity index is 1070. The number of carbonyl (C=O) groups excluding carboxylic acids is 3. The number of thiophene rings is 1. The van der Waals surface area contributed by atoms with E-state index in [0.29, 0.717) is 27.0 Å². The quantitative estimate of drug-likeness (QED) is 0.551. The fourth-order valence-corrected chi connectivity index (χ4v) is 4.86. The summed E-state index contributed by atoms with van der Waals surface area (Å²) in [6, 6.07) is 10.6. The fraction of sp³-hybridized carbons (Fsp3) is 0.304. The van der Waals surface area contributed by atoms with Gasteiger partial charge in [0.1, 0.15) is 0 Å². The van der Waals surface area contributed by atoms with Crippen molar-refractivity contribution >= 4 is 51.2 Å². The number of anilines is 2. The number of thiazole rings is 1. The van der Waals surface area contributed by atoms with Gasteiger partial charge in [-0.25, -0.2) is 4.98 Å².